The van der Waals surface area contributed by atoms with Crippen molar-refractivity contribution in [2.75, 3.05) is 52.4 Å². The topological polar surface area (TPSA) is 36.0 Å². The van der Waals surface area contributed by atoms with Gasteiger partial charge < -0.3 is 14.5 Å². The maximum absolute atomic E-state index is 12.7. The standard InChI is InChI=1S/C21H31N3O2/c25-20(23-12-4-5-13-23)24-14-10-21(18-24)9-6-11-22(17-21)15-16-26-19-7-2-1-3-8-19/h1-3,7-8H,4-6,9-18H2. The molecule has 0 saturated carbocycles. The number of carbonyl (C=O) groups is 1. The number of benzene rings is 1. The Labute approximate surface area is 156 Å². The molecule has 0 radical (unpaired) electrons. The van der Waals surface area contributed by atoms with Crippen LogP contribution in [-0.4, -0.2) is 73.2 Å². The average Bonchev–Trinajstić information content (AvgIpc) is 3.33. The highest BCUT2D eigenvalue weighted by atomic mass is 16.5. The van der Waals surface area contributed by atoms with Gasteiger partial charge in [-0.25, -0.2) is 4.79 Å². The van der Waals surface area contributed by atoms with Crippen LogP contribution < -0.4 is 4.74 Å². The van der Waals surface area contributed by atoms with Crippen LogP contribution in [0.1, 0.15) is 32.1 Å². The van der Waals surface area contributed by atoms with Crippen LogP contribution in [0.25, 0.3) is 0 Å². The second kappa shape index (κ2) is 7.87. The Kier molecular flexibility index (Phi) is 5.34. The van der Waals surface area contributed by atoms with Gasteiger partial charge >= 0.3 is 6.03 Å². The van der Waals surface area contributed by atoms with E-state index in [2.05, 4.69) is 9.80 Å². The summed E-state index contributed by atoms with van der Waals surface area (Å²) in [7, 11) is 0. The molecule has 5 nitrogen and oxygen atoms in total. The first-order valence-electron chi connectivity index (χ1n) is 10.2. The van der Waals surface area contributed by atoms with Gasteiger partial charge in [0.1, 0.15) is 12.4 Å². The minimum Gasteiger partial charge on any atom is -0.492 e. The van der Waals surface area contributed by atoms with Crippen LogP contribution in [0.15, 0.2) is 30.3 Å². The molecule has 1 spiro atoms. The smallest absolute Gasteiger partial charge is 0.320 e. The molecule has 3 saturated heterocycles. The molecule has 3 aliphatic heterocycles. The summed E-state index contributed by atoms with van der Waals surface area (Å²) in [6.45, 7) is 7.74. The van der Waals surface area contributed by atoms with Crippen molar-refractivity contribution in [2.45, 2.75) is 32.1 Å². The zero-order chi connectivity index (χ0) is 17.8. The maximum atomic E-state index is 12.7. The van der Waals surface area contributed by atoms with Gasteiger partial charge in [0.2, 0.25) is 0 Å². The molecule has 0 aliphatic carbocycles. The number of ether oxygens (including phenoxy) is 1. The quantitative estimate of drug-likeness (QED) is 0.831. The normalized spacial score (nSPS) is 26.6. The number of rotatable bonds is 4. The third-order valence-electron chi connectivity index (χ3n) is 6.25. The van der Waals surface area contributed by atoms with Crippen LogP contribution >= 0.6 is 0 Å². The second-order valence-corrected chi connectivity index (χ2v) is 8.19. The van der Waals surface area contributed by atoms with E-state index in [9.17, 15) is 4.79 Å². The molecular formula is C21H31N3O2. The molecule has 1 atom stereocenters. The molecule has 3 fully saturated rings. The molecule has 3 aliphatic rings. The largest absolute Gasteiger partial charge is 0.492 e. The summed E-state index contributed by atoms with van der Waals surface area (Å²) in [5, 5.41) is 0. The monoisotopic (exact) mass is 357 g/mol. The fourth-order valence-corrected chi connectivity index (χ4v) is 4.85. The lowest BCUT2D eigenvalue weighted by molar-refractivity contribution is 0.0813. The van der Waals surface area contributed by atoms with Gasteiger partial charge in [-0.3, -0.25) is 4.90 Å². The van der Waals surface area contributed by atoms with Crippen molar-refractivity contribution >= 4 is 6.03 Å². The van der Waals surface area contributed by atoms with E-state index < -0.39 is 0 Å². The molecule has 0 N–H and O–H groups in total. The Morgan fingerprint density at radius 2 is 1.73 bits per heavy atom. The minimum absolute atomic E-state index is 0.281. The molecule has 1 aromatic carbocycles. The SMILES string of the molecule is O=C(N1CCCC1)N1CCC2(CCCN(CCOc3ccccc3)C2)C1. The number of amides is 2. The highest BCUT2D eigenvalue weighted by Crippen LogP contribution is 2.39. The summed E-state index contributed by atoms with van der Waals surface area (Å²) in [6, 6.07) is 10.3. The van der Waals surface area contributed by atoms with Gasteiger partial charge in [0, 0.05) is 44.7 Å². The molecule has 26 heavy (non-hydrogen) atoms. The number of piperidine rings is 1. The van der Waals surface area contributed by atoms with Crippen molar-refractivity contribution in [1.82, 2.24) is 14.7 Å². The van der Waals surface area contributed by atoms with E-state index >= 15 is 0 Å². The number of likely N-dealkylation sites (tertiary alicyclic amines) is 3. The van der Waals surface area contributed by atoms with Crippen LogP contribution in [0.4, 0.5) is 4.79 Å². The van der Waals surface area contributed by atoms with Crippen LogP contribution in [0.2, 0.25) is 0 Å². The first-order valence-corrected chi connectivity index (χ1v) is 10.2. The van der Waals surface area contributed by atoms with Crippen molar-refractivity contribution in [3.8, 4) is 5.75 Å². The molecule has 1 unspecified atom stereocenters. The first-order chi connectivity index (χ1) is 12.7. The predicted octanol–water partition coefficient (Wildman–Crippen LogP) is 3.07. The van der Waals surface area contributed by atoms with Crippen molar-refractivity contribution in [3.63, 3.8) is 0 Å². The van der Waals surface area contributed by atoms with Gasteiger partial charge in [-0.05, 0) is 50.8 Å². The number of nitrogens with zero attached hydrogens (tertiary/aromatic N) is 3. The Morgan fingerprint density at radius 1 is 0.923 bits per heavy atom. The Morgan fingerprint density at radius 3 is 2.54 bits per heavy atom. The number of hydrogen-bond acceptors (Lipinski definition) is 3. The fraction of sp³-hybridized carbons (Fsp3) is 0.667. The van der Waals surface area contributed by atoms with Gasteiger partial charge in [0.25, 0.3) is 0 Å². The van der Waals surface area contributed by atoms with E-state index in [0.29, 0.717) is 5.41 Å². The third-order valence-corrected chi connectivity index (χ3v) is 6.25. The second-order valence-electron chi connectivity index (χ2n) is 8.19. The molecule has 1 aromatic rings. The molecule has 2 amide bonds. The summed E-state index contributed by atoms with van der Waals surface area (Å²) in [5.41, 5.74) is 0.306. The summed E-state index contributed by atoms with van der Waals surface area (Å²) in [6.07, 6.45) is 5.98. The van der Waals surface area contributed by atoms with Crippen LogP contribution in [-0.2, 0) is 0 Å². The van der Waals surface area contributed by atoms with Gasteiger partial charge in [-0.2, -0.15) is 0 Å². The fourth-order valence-electron chi connectivity index (χ4n) is 4.85. The zero-order valence-electron chi connectivity index (χ0n) is 15.7. The molecular weight excluding hydrogens is 326 g/mol. The van der Waals surface area contributed by atoms with Crippen LogP contribution in [0, 0.1) is 5.41 Å². The lowest BCUT2D eigenvalue weighted by atomic mass is 9.79. The Hall–Kier alpha value is -1.75. The lowest BCUT2D eigenvalue weighted by Crippen LogP contribution is -2.47. The number of carbonyl (C=O) groups excluding carboxylic acids is 1. The van der Waals surface area contributed by atoms with Crippen molar-refractivity contribution in [1.29, 1.82) is 0 Å². The number of hydrogen-bond donors (Lipinski definition) is 0. The highest BCUT2D eigenvalue weighted by Gasteiger charge is 2.43. The van der Waals surface area contributed by atoms with Gasteiger partial charge in [0.15, 0.2) is 0 Å². The molecule has 142 valence electrons. The van der Waals surface area contributed by atoms with E-state index in [4.69, 9.17) is 4.74 Å². The molecule has 5 heteroatoms. The van der Waals surface area contributed by atoms with Crippen LogP contribution in [0.3, 0.4) is 0 Å². The van der Waals surface area contributed by atoms with Crippen LogP contribution in [0.5, 0.6) is 5.75 Å². The van der Waals surface area contributed by atoms with E-state index in [-0.39, 0.29) is 6.03 Å². The van der Waals surface area contributed by atoms with E-state index in [1.807, 2.05) is 35.2 Å². The van der Waals surface area contributed by atoms with E-state index in [1.165, 1.54) is 25.7 Å². The van der Waals surface area contributed by atoms with Gasteiger partial charge in [-0.15, -0.1) is 0 Å². The number of urea groups is 1. The summed E-state index contributed by atoms with van der Waals surface area (Å²) in [5.74, 6) is 0.947. The predicted molar refractivity (Wildman–Crippen MR) is 102 cm³/mol. The van der Waals surface area contributed by atoms with Crippen molar-refractivity contribution in [2.24, 2.45) is 5.41 Å². The first kappa shape index (κ1) is 17.7. The molecule has 3 heterocycles. The molecule has 0 aromatic heterocycles. The third kappa shape index (κ3) is 3.98. The van der Waals surface area contributed by atoms with Crippen molar-refractivity contribution in [3.05, 3.63) is 30.3 Å². The highest BCUT2D eigenvalue weighted by molar-refractivity contribution is 5.75. The van der Waals surface area contributed by atoms with E-state index in [1.54, 1.807) is 0 Å². The number of para-hydroxylation sites is 1. The van der Waals surface area contributed by atoms with Gasteiger partial charge in [0.05, 0.1) is 0 Å². The summed E-state index contributed by atoms with van der Waals surface area (Å²) in [4.78, 5) is 19.4. The molecule has 0 bridgehead atoms. The van der Waals surface area contributed by atoms with Gasteiger partial charge in [-0.1, -0.05) is 18.2 Å². The summed E-state index contributed by atoms with van der Waals surface area (Å²) < 4.78 is 5.87. The Balaban J connectivity index is 1.27. The average molecular weight is 357 g/mol. The molecule has 4 rings (SSSR count). The van der Waals surface area contributed by atoms with E-state index in [0.717, 1.165) is 64.6 Å². The zero-order valence-corrected chi connectivity index (χ0v) is 15.7. The Bertz CT molecular complexity index is 603. The minimum atomic E-state index is 0.281. The lowest BCUT2D eigenvalue weighted by Gasteiger charge is -2.40. The van der Waals surface area contributed by atoms with Crippen molar-refractivity contribution < 1.29 is 9.53 Å². The maximum Gasteiger partial charge on any atom is 0.320 e. The summed E-state index contributed by atoms with van der Waals surface area (Å²) >= 11 is 0.